The summed E-state index contributed by atoms with van der Waals surface area (Å²) >= 11 is 0. The van der Waals surface area contributed by atoms with Gasteiger partial charge in [-0.1, -0.05) is 18.2 Å². The molecule has 0 spiro atoms. The third-order valence-corrected chi connectivity index (χ3v) is 2.04. The predicted octanol–water partition coefficient (Wildman–Crippen LogP) is 2.30. The Labute approximate surface area is 82.4 Å². The lowest BCUT2D eigenvalue weighted by Gasteiger charge is -1.94. The van der Waals surface area contributed by atoms with Gasteiger partial charge in [0.15, 0.2) is 6.40 Å². The van der Waals surface area contributed by atoms with Crippen molar-refractivity contribution in [3.63, 3.8) is 0 Å². The molecule has 72 valence electrons. The van der Waals surface area contributed by atoms with Gasteiger partial charge < -0.3 is 4.74 Å². The van der Waals surface area contributed by atoms with Crippen LogP contribution in [0.25, 0.3) is 0 Å². The second-order valence-electron chi connectivity index (χ2n) is 3.28. The van der Waals surface area contributed by atoms with E-state index in [1.165, 1.54) is 6.40 Å². The fraction of sp³-hybridized carbons (Fsp3) is 0.273. The first-order valence-electron chi connectivity index (χ1n) is 4.64. The minimum Gasteiger partial charge on any atom is -0.414 e. The summed E-state index contributed by atoms with van der Waals surface area (Å²) in [6, 6.07) is 9.38. The summed E-state index contributed by atoms with van der Waals surface area (Å²) in [5, 5.41) is 0. The molecule has 0 heterocycles. The van der Waals surface area contributed by atoms with Crippen LogP contribution in [0.3, 0.4) is 0 Å². The van der Waals surface area contributed by atoms with Crippen LogP contribution < -0.4 is 0 Å². The number of hydrogen-bond acceptors (Lipinski definition) is 3. The number of nitrogens with zero attached hydrogens (tertiary/aromatic N) is 1. The zero-order valence-corrected chi connectivity index (χ0v) is 7.72. The predicted molar refractivity (Wildman–Crippen MR) is 53.4 cm³/mol. The largest absolute Gasteiger partial charge is 0.414 e. The van der Waals surface area contributed by atoms with E-state index in [0.29, 0.717) is 0 Å². The average molecular weight is 189 g/mol. The number of esters is 1. The molecule has 0 N–H and O–H groups in total. The van der Waals surface area contributed by atoms with Crippen LogP contribution in [0.15, 0.2) is 35.3 Å². The number of ether oxygens (including phenoxy) is 1. The van der Waals surface area contributed by atoms with E-state index in [0.717, 1.165) is 18.5 Å². The number of benzene rings is 1. The SMILES string of the molecule is O=C(OC=Nc1ccccc1)C1CC1. The molecular weight excluding hydrogens is 178 g/mol. The molecule has 1 aliphatic rings. The van der Waals surface area contributed by atoms with Crippen molar-refractivity contribution in [2.24, 2.45) is 10.9 Å². The normalized spacial score (nSPS) is 15.7. The zero-order chi connectivity index (χ0) is 9.80. The molecule has 2 rings (SSSR count). The van der Waals surface area contributed by atoms with Gasteiger partial charge in [-0.15, -0.1) is 0 Å². The van der Waals surface area contributed by atoms with Crippen molar-refractivity contribution in [1.29, 1.82) is 0 Å². The maximum absolute atomic E-state index is 11.1. The Bertz CT molecular complexity index is 342. The van der Waals surface area contributed by atoms with Crippen molar-refractivity contribution in [2.45, 2.75) is 12.8 Å². The monoisotopic (exact) mass is 189 g/mol. The summed E-state index contributed by atoms with van der Waals surface area (Å²) in [4.78, 5) is 15.1. The summed E-state index contributed by atoms with van der Waals surface area (Å²) in [5.41, 5.74) is 0.788. The number of rotatable bonds is 3. The van der Waals surface area contributed by atoms with Gasteiger partial charge in [-0.2, -0.15) is 0 Å². The van der Waals surface area contributed by atoms with Crippen molar-refractivity contribution in [3.05, 3.63) is 30.3 Å². The Morgan fingerprint density at radius 1 is 1.36 bits per heavy atom. The Morgan fingerprint density at radius 2 is 2.07 bits per heavy atom. The zero-order valence-electron chi connectivity index (χ0n) is 7.72. The number of carbonyl (C=O) groups excluding carboxylic acids is 1. The number of aliphatic imine (C=N–C) groups is 1. The Hall–Kier alpha value is -1.64. The standard InChI is InChI=1S/C11H11NO2/c13-11(9-6-7-9)14-8-12-10-4-2-1-3-5-10/h1-5,8-9H,6-7H2. The molecule has 0 amide bonds. The third kappa shape index (κ3) is 2.42. The van der Waals surface area contributed by atoms with Gasteiger partial charge in [0.25, 0.3) is 0 Å². The number of hydrogen-bond donors (Lipinski definition) is 0. The van der Waals surface area contributed by atoms with Crippen LogP contribution in [0.4, 0.5) is 5.69 Å². The molecule has 0 radical (unpaired) electrons. The van der Waals surface area contributed by atoms with Gasteiger partial charge in [0, 0.05) is 0 Å². The van der Waals surface area contributed by atoms with Gasteiger partial charge in [0.05, 0.1) is 11.6 Å². The molecule has 0 unspecified atom stereocenters. The van der Waals surface area contributed by atoms with E-state index in [4.69, 9.17) is 4.74 Å². The summed E-state index contributed by atoms with van der Waals surface area (Å²) in [7, 11) is 0. The number of carbonyl (C=O) groups is 1. The maximum Gasteiger partial charge on any atom is 0.315 e. The third-order valence-electron chi connectivity index (χ3n) is 2.04. The molecule has 3 heteroatoms. The van der Waals surface area contributed by atoms with Crippen molar-refractivity contribution in [1.82, 2.24) is 0 Å². The van der Waals surface area contributed by atoms with E-state index in [9.17, 15) is 4.79 Å². The van der Waals surface area contributed by atoms with Crippen LogP contribution in [0.2, 0.25) is 0 Å². The van der Waals surface area contributed by atoms with Crippen molar-refractivity contribution >= 4 is 18.1 Å². The van der Waals surface area contributed by atoms with Crippen LogP contribution >= 0.6 is 0 Å². The van der Waals surface area contributed by atoms with E-state index >= 15 is 0 Å². The fourth-order valence-electron chi connectivity index (χ4n) is 1.07. The summed E-state index contributed by atoms with van der Waals surface area (Å²) in [6.45, 7) is 0. The van der Waals surface area contributed by atoms with E-state index < -0.39 is 0 Å². The maximum atomic E-state index is 11.1. The van der Waals surface area contributed by atoms with Gasteiger partial charge in [-0.25, -0.2) is 4.99 Å². The van der Waals surface area contributed by atoms with Crippen LogP contribution in [-0.2, 0) is 9.53 Å². The molecule has 0 aromatic heterocycles. The van der Waals surface area contributed by atoms with Gasteiger partial charge >= 0.3 is 5.97 Å². The van der Waals surface area contributed by atoms with E-state index in [1.54, 1.807) is 0 Å². The summed E-state index contributed by atoms with van der Waals surface area (Å²) in [6.07, 6.45) is 3.13. The Morgan fingerprint density at radius 3 is 2.71 bits per heavy atom. The first kappa shape index (κ1) is 8.94. The molecule has 1 fully saturated rings. The highest BCUT2D eigenvalue weighted by atomic mass is 16.5. The molecule has 1 aromatic carbocycles. The van der Waals surface area contributed by atoms with Crippen LogP contribution in [0.1, 0.15) is 12.8 Å². The minimum absolute atomic E-state index is 0.122. The lowest BCUT2D eigenvalue weighted by atomic mass is 10.3. The molecule has 3 nitrogen and oxygen atoms in total. The molecular formula is C11H11NO2. The smallest absolute Gasteiger partial charge is 0.315 e. The van der Waals surface area contributed by atoms with Crippen LogP contribution in [-0.4, -0.2) is 12.4 Å². The van der Waals surface area contributed by atoms with Gasteiger partial charge in [0.2, 0.25) is 0 Å². The minimum atomic E-state index is -0.162. The van der Waals surface area contributed by atoms with Crippen LogP contribution in [0.5, 0.6) is 0 Å². The topological polar surface area (TPSA) is 38.7 Å². The van der Waals surface area contributed by atoms with E-state index in [-0.39, 0.29) is 11.9 Å². The summed E-state index contributed by atoms with van der Waals surface area (Å²) in [5.74, 6) is -0.0399. The van der Waals surface area contributed by atoms with Crippen molar-refractivity contribution in [2.75, 3.05) is 0 Å². The Balaban J connectivity index is 1.85. The first-order chi connectivity index (χ1) is 6.86. The lowest BCUT2D eigenvalue weighted by molar-refractivity contribution is -0.136. The van der Waals surface area contributed by atoms with E-state index in [1.807, 2.05) is 30.3 Å². The highest BCUT2D eigenvalue weighted by Gasteiger charge is 2.30. The molecule has 0 aliphatic heterocycles. The van der Waals surface area contributed by atoms with Crippen LogP contribution in [0, 0.1) is 5.92 Å². The van der Waals surface area contributed by atoms with Gasteiger partial charge in [0.1, 0.15) is 0 Å². The second-order valence-corrected chi connectivity index (χ2v) is 3.28. The van der Waals surface area contributed by atoms with Gasteiger partial charge in [-0.3, -0.25) is 4.79 Å². The van der Waals surface area contributed by atoms with Crippen molar-refractivity contribution in [3.8, 4) is 0 Å². The summed E-state index contributed by atoms with van der Waals surface area (Å²) < 4.78 is 4.84. The van der Waals surface area contributed by atoms with E-state index in [2.05, 4.69) is 4.99 Å². The lowest BCUT2D eigenvalue weighted by Crippen LogP contribution is -2.03. The molecule has 0 saturated heterocycles. The molecule has 1 aromatic rings. The molecule has 1 saturated carbocycles. The molecule has 14 heavy (non-hydrogen) atoms. The number of para-hydroxylation sites is 1. The highest BCUT2D eigenvalue weighted by molar-refractivity contribution is 5.82. The molecule has 1 aliphatic carbocycles. The quantitative estimate of drug-likeness (QED) is 0.415. The second kappa shape index (κ2) is 4.05. The molecule has 0 atom stereocenters. The van der Waals surface area contributed by atoms with Gasteiger partial charge in [-0.05, 0) is 25.0 Å². The average Bonchev–Trinajstić information content (AvgIpc) is 3.02. The Kier molecular flexibility index (Phi) is 2.58. The fourth-order valence-corrected chi connectivity index (χ4v) is 1.07. The van der Waals surface area contributed by atoms with Crippen molar-refractivity contribution < 1.29 is 9.53 Å². The first-order valence-corrected chi connectivity index (χ1v) is 4.64. The highest BCUT2D eigenvalue weighted by Crippen LogP contribution is 2.29. The molecule has 0 bridgehead atoms.